The summed E-state index contributed by atoms with van der Waals surface area (Å²) in [6.07, 6.45) is 0. The van der Waals surface area contributed by atoms with Gasteiger partial charge in [0.05, 0.1) is 13.7 Å². The lowest BCUT2D eigenvalue weighted by molar-refractivity contribution is 0.141. The molecule has 1 atom stereocenters. The number of anilines is 2. The number of hydrogen-bond acceptors (Lipinski definition) is 6. The van der Waals surface area contributed by atoms with Crippen molar-refractivity contribution < 1.29 is 9.47 Å². The van der Waals surface area contributed by atoms with Crippen molar-refractivity contribution in [3.05, 3.63) is 0 Å². The fourth-order valence-electron chi connectivity index (χ4n) is 1.14. The van der Waals surface area contributed by atoms with Crippen LogP contribution in [-0.2, 0) is 4.74 Å². The van der Waals surface area contributed by atoms with Crippen LogP contribution in [0.25, 0.3) is 0 Å². The Morgan fingerprint density at radius 3 is 2.93 bits per heavy atom. The highest BCUT2D eigenvalue weighted by Gasteiger charge is 2.13. The van der Waals surface area contributed by atoms with Gasteiger partial charge in [0.1, 0.15) is 0 Å². The first-order chi connectivity index (χ1) is 7.19. The zero-order valence-corrected chi connectivity index (χ0v) is 10.1. The van der Waals surface area contributed by atoms with Crippen molar-refractivity contribution in [3.63, 3.8) is 0 Å². The largest absolute Gasteiger partial charge is 0.490 e. The molecule has 0 aromatic carbocycles. The Morgan fingerprint density at radius 2 is 2.33 bits per heavy atom. The van der Waals surface area contributed by atoms with Gasteiger partial charge in [-0.2, -0.15) is 4.37 Å². The molecule has 0 radical (unpaired) electrons. The summed E-state index contributed by atoms with van der Waals surface area (Å²) in [7, 11) is 1.58. The van der Waals surface area contributed by atoms with Crippen molar-refractivity contribution in [3.8, 4) is 5.75 Å². The van der Waals surface area contributed by atoms with Crippen molar-refractivity contribution in [1.82, 2.24) is 4.37 Å². The highest BCUT2D eigenvalue weighted by Crippen LogP contribution is 2.34. The van der Waals surface area contributed by atoms with E-state index < -0.39 is 0 Å². The van der Waals surface area contributed by atoms with Crippen LogP contribution in [0.2, 0.25) is 0 Å². The van der Waals surface area contributed by atoms with Crippen LogP contribution in [0.3, 0.4) is 0 Å². The van der Waals surface area contributed by atoms with Crippen LogP contribution in [0, 0.1) is 0 Å². The minimum Gasteiger partial charge on any atom is -0.490 e. The summed E-state index contributed by atoms with van der Waals surface area (Å²) in [4.78, 5) is 0. The smallest absolute Gasteiger partial charge is 0.197 e. The van der Waals surface area contributed by atoms with Gasteiger partial charge in [-0.1, -0.05) is 0 Å². The molecule has 3 N–H and O–H groups in total. The summed E-state index contributed by atoms with van der Waals surface area (Å²) in [5.74, 6) is 1.04. The van der Waals surface area contributed by atoms with E-state index in [1.807, 2.05) is 13.8 Å². The third kappa shape index (κ3) is 3.24. The lowest BCUT2D eigenvalue weighted by atomic mass is 10.3. The van der Waals surface area contributed by atoms with Crippen LogP contribution in [0.1, 0.15) is 13.8 Å². The lowest BCUT2D eigenvalue weighted by Crippen LogP contribution is -2.21. The van der Waals surface area contributed by atoms with Gasteiger partial charge in [0.25, 0.3) is 0 Å². The molecule has 0 aliphatic heterocycles. The number of aromatic nitrogens is 1. The Morgan fingerprint density at radius 1 is 1.60 bits per heavy atom. The van der Waals surface area contributed by atoms with Gasteiger partial charge in [0.15, 0.2) is 16.6 Å². The monoisotopic (exact) mass is 231 g/mol. The topological polar surface area (TPSA) is 69.4 Å². The molecule has 1 aromatic rings. The number of nitrogens with one attached hydrogen (secondary N) is 1. The van der Waals surface area contributed by atoms with Gasteiger partial charge >= 0.3 is 0 Å². The Balaban J connectivity index is 2.55. The van der Waals surface area contributed by atoms with Gasteiger partial charge in [-0.05, 0) is 25.4 Å². The summed E-state index contributed by atoms with van der Waals surface area (Å²) in [5, 5.41) is 4.09. The van der Waals surface area contributed by atoms with Gasteiger partial charge in [-0.3, -0.25) is 0 Å². The Bertz CT molecular complexity index is 304. The predicted molar refractivity (Wildman–Crippen MR) is 62.7 cm³/mol. The molecular formula is C9H17N3O2S. The number of methoxy groups -OCH3 is 1. The molecule has 6 heteroatoms. The summed E-state index contributed by atoms with van der Waals surface area (Å²) < 4.78 is 14.5. The van der Waals surface area contributed by atoms with E-state index in [-0.39, 0.29) is 6.04 Å². The third-order valence-electron chi connectivity index (χ3n) is 1.83. The van der Waals surface area contributed by atoms with Crippen LogP contribution in [0.15, 0.2) is 0 Å². The molecule has 0 saturated heterocycles. The van der Waals surface area contributed by atoms with Gasteiger partial charge in [0.2, 0.25) is 0 Å². The van der Waals surface area contributed by atoms with E-state index >= 15 is 0 Å². The maximum Gasteiger partial charge on any atom is 0.197 e. The molecule has 0 amide bonds. The van der Waals surface area contributed by atoms with E-state index in [1.165, 1.54) is 11.5 Å². The summed E-state index contributed by atoms with van der Waals surface area (Å²) in [6.45, 7) is 5.37. The molecule has 1 rings (SSSR count). The molecule has 1 heterocycles. The van der Waals surface area contributed by atoms with E-state index in [1.54, 1.807) is 7.11 Å². The van der Waals surface area contributed by atoms with Crippen molar-refractivity contribution >= 4 is 22.4 Å². The minimum atomic E-state index is 0.207. The molecule has 1 unspecified atom stereocenters. The number of rotatable bonds is 6. The summed E-state index contributed by atoms with van der Waals surface area (Å²) in [6, 6.07) is 0.207. The van der Waals surface area contributed by atoms with E-state index in [2.05, 4.69) is 9.69 Å². The quantitative estimate of drug-likeness (QED) is 0.777. The van der Waals surface area contributed by atoms with Gasteiger partial charge in [-0.25, -0.2) is 0 Å². The predicted octanol–water partition coefficient (Wildman–Crippen LogP) is 1.57. The van der Waals surface area contributed by atoms with E-state index in [9.17, 15) is 0 Å². The third-order valence-corrected chi connectivity index (χ3v) is 2.60. The number of ether oxygens (including phenoxy) is 2. The molecule has 0 saturated carbocycles. The van der Waals surface area contributed by atoms with Crippen molar-refractivity contribution in [2.24, 2.45) is 0 Å². The summed E-state index contributed by atoms with van der Waals surface area (Å²) >= 11 is 1.30. The molecular weight excluding hydrogens is 214 g/mol. The average molecular weight is 231 g/mol. The molecule has 1 aromatic heterocycles. The highest BCUT2D eigenvalue weighted by atomic mass is 32.1. The first kappa shape index (κ1) is 12.1. The molecule has 0 bridgehead atoms. The number of nitrogen functional groups attached to an aromatic ring is 1. The van der Waals surface area contributed by atoms with Crippen LogP contribution < -0.4 is 15.8 Å². The zero-order valence-electron chi connectivity index (χ0n) is 9.24. The molecule has 15 heavy (non-hydrogen) atoms. The fourth-order valence-corrected chi connectivity index (χ4v) is 1.94. The van der Waals surface area contributed by atoms with Crippen LogP contribution in [-0.4, -0.2) is 30.7 Å². The van der Waals surface area contributed by atoms with Crippen molar-refractivity contribution in [2.75, 3.05) is 31.4 Å². The highest BCUT2D eigenvalue weighted by molar-refractivity contribution is 7.11. The number of hydrogen-bond donors (Lipinski definition) is 2. The van der Waals surface area contributed by atoms with Gasteiger partial charge in [-0.15, -0.1) is 0 Å². The second kappa shape index (κ2) is 5.77. The zero-order chi connectivity index (χ0) is 11.3. The van der Waals surface area contributed by atoms with Crippen LogP contribution in [0.5, 0.6) is 5.75 Å². The van der Waals surface area contributed by atoms with Crippen LogP contribution in [0.4, 0.5) is 10.8 Å². The molecule has 0 fully saturated rings. The normalized spacial score (nSPS) is 12.5. The molecule has 5 nitrogen and oxygen atoms in total. The Labute approximate surface area is 93.7 Å². The maximum absolute atomic E-state index is 5.63. The molecule has 0 aliphatic carbocycles. The fraction of sp³-hybridized carbons (Fsp3) is 0.667. The SMILES string of the molecule is CCOCC(C)Nc1snc(N)c1OC. The van der Waals surface area contributed by atoms with Crippen molar-refractivity contribution in [1.29, 1.82) is 0 Å². The van der Waals surface area contributed by atoms with E-state index in [4.69, 9.17) is 15.2 Å². The van der Waals surface area contributed by atoms with Gasteiger partial charge in [0, 0.05) is 12.6 Å². The average Bonchev–Trinajstić information content (AvgIpc) is 2.56. The number of nitrogens with zero attached hydrogens (tertiary/aromatic N) is 1. The molecule has 0 spiro atoms. The second-order valence-electron chi connectivity index (χ2n) is 3.14. The minimum absolute atomic E-state index is 0.207. The first-order valence-electron chi connectivity index (χ1n) is 4.82. The molecule has 86 valence electrons. The van der Waals surface area contributed by atoms with Crippen molar-refractivity contribution in [2.45, 2.75) is 19.9 Å². The lowest BCUT2D eigenvalue weighted by Gasteiger charge is -2.13. The second-order valence-corrected chi connectivity index (χ2v) is 3.91. The first-order valence-corrected chi connectivity index (χ1v) is 5.59. The molecule has 0 aliphatic rings. The van der Waals surface area contributed by atoms with E-state index in [0.717, 1.165) is 5.00 Å². The van der Waals surface area contributed by atoms with Gasteiger partial charge < -0.3 is 20.5 Å². The number of nitrogens with two attached hydrogens (primary N) is 1. The van der Waals surface area contributed by atoms with E-state index in [0.29, 0.717) is 24.8 Å². The standard InChI is InChI=1S/C9H17N3O2S/c1-4-14-5-6(2)11-9-7(13-3)8(10)12-15-9/h6,11H,4-5H2,1-3H3,(H2,10,12). The Hall–Kier alpha value is -1.01. The van der Waals surface area contributed by atoms with Crippen LogP contribution >= 0.6 is 11.5 Å². The Kier molecular flexibility index (Phi) is 4.64. The maximum atomic E-state index is 5.63. The summed E-state index contributed by atoms with van der Waals surface area (Å²) in [5.41, 5.74) is 5.63.